The number of hydrogen-bond acceptors (Lipinski definition) is 5. The molecule has 0 aliphatic carbocycles. The number of nitriles is 1. The number of benzene rings is 2. The Balaban J connectivity index is 1.81. The number of rotatable bonds is 6. The lowest BCUT2D eigenvalue weighted by Crippen LogP contribution is -2.01. The highest BCUT2D eigenvalue weighted by molar-refractivity contribution is 7.17. The van der Waals surface area contributed by atoms with Crippen LogP contribution in [0, 0.1) is 11.3 Å². The molecule has 3 aromatic rings. The second kappa shape index (κ2) is 7.85. The van der Waals surface area contributed by atoms with E-state index in [4.69, 9.17) is 5.73 Å². The van der Waals surface area contributed by atoms with Crippen LogP contribution in [0.4, 0.5) is 25.2 Å². The molecule has 0 aliphatic rings. The molecule has 0 unspecified atom stereocenters. The summed E-state index contributed by atoms with van der Waals surface area (Å²) >= 11 is 1.41. The molecular formula is C19H15F2N3OS. The number of hydrogen-bond donors (Lipinski definition) is 2. The number of anilines is 3. The molecule has 132 valence electrons. The Morgan fingerprint density at radius 2 is 1.81 bits per heavy atom. The SMILES string of the molecule is N#Cc1c(Nc2ccc(OC(F)F)cc2)sc(Cc2ccccc2)c1N. The van der Waals surface area contributed by atoms with Crippen LogP contribution in [-0.2, 0) is 6.42 Å². The highest BCUT2D eigenvalue weighted by Gasteiger charge is 2.16. The van der Waals surface area contributed by atoms with E-state index in [0.717, 1.165) is 10.4 Å². The summed E-state index contributed by atoms with van der Waals surface area (Å²) in [5.74, 6) is 0.0708. The summed E-state index contributed by atoms with van der Waals surface area (Å²) in [6, 6.07) is 18.0. The van der Waals surface area contributed by atoms with Crippen LogP contribution < -0.4 is 15.8 Å². The molecule has 26 heavy (non-hydrogen) atoms. The van der Waals surface area contributed by atoms with Crippen LogP contribution in [0.2, 0.25) is 0 Å². The first kappa shape index (κ1) is 17.7. The van der Waals surface area contributed by atoms with E-state index in [0.29, 0.717) is 28.4 Å². The van der Waals surface area contributed by atoms with Crippen molar-refractivity contribution < 1.29 is 13.5 Å². The Hall–Kier alpha value is -3.11. The molecule has 4 nitrogen and oxygen atoms in total. The lowest BCUT2D eigenvalue weighted by Gasteiger charge is -2.07. The molecule has 0 radical (unpaired) electrons. The third-order valence-electron chi connectivity index (χ3n) is 3.68. The molecule has 0 amide bonds. The molecule has 0 bridgehead atoms. The smallest absolute Gasteiger partial charge is 0.387 e. The Kier molecular flexibility index (Phi) is 5.34. The van der Waals surface area contributed by atoms with Crippen LogP contribution in [0.15, 0.2) is 54.6 Å². The number of thiophene rings is 1. The van der Waals surface area contributed by atoms with Gasteiger partial charge in [-0.2, -0.15) is 14.0 Å². The predicted octanol–water partition coefficient (Wildman–Crippen LogP) is 5.14. The number of ether oxygens (including phenoxy) is 1. The minimum absolute atomic E-state index is 0.0708. The van der Waals surface area contributed by atoms with Gasteiger partial charge in [0.2, 0.25) is 0 Å². The highest BCUT2D eigenvalue weighted by atomic mass is 32.1. The van der Waals surface area contributed by atoms with Gasteiger partial charge in [0.15, 0.2) is 0 Å². The quantitative estimate of drug-likeness (QED) is 0.629. The fourth-order valence-electron chi connectivity index (χ4n) is 2.45. The standard InChI is InChI=1S/C19H15F2N3OS/c20-19(21)25-14-8-6-13(7-9-14)24-18-15(11-22)17(23)16(26-18)10-12-4-2-1-3-5-12/h1-9,19,24H,10,23H2. The third kappa shape index (κ3) is 4.10. The number of halogens is 2. The van der Waals surface area contributed by atoms with E-state index < -0.39 is 6.61 Å². The van der Waals surface area contributed by atoms with Gasteiger partial charge in [-0.15, -0.1) is 11.3 Å². The van der Waals surface area contributed by atoms with Gasteiger partial charge >= 0.3 is 6.61 Å². The van der Waals surface area contributed by atoms with Crippen LogP contribution in [0.1, 0.15) is 16.0 Å². The van der Waals surface area contributed by atoms with Gasteiger partial charge in [0.25, 0.3) is 0 Å². The van der Waals surface area contributed by atoms with Crippen molar-refractivity contribution >= 4 is 27.7 Å². The fraction of sp³-hybridized carbons (Fsp3) is 0.105. The average Bonchev–Trinajstić information content (AvgIpc) is 2.91. The number of nitrogen functional groups attached to an aromatic ring is 1. The van der Waals surface area contributed by atoms with E-state index in [1.54, 1.807) is 12.1 Å². The van der Waals surface area contributed by atoms with Crippen LogP contribution in [0.5, 0.6) is 5.75 Å². The van der Waals surface area contributed by atoms with Crippen molar-refractivity contribution in [1.82, 2.24) is 0 Å². The fourth-order valence-corrected chi connectivity index (χ4v) is 3.58. The van der Waals surface area contributed by atoms with Crippen molar-refractivity contribution in [3.63, 3.8) is 0 Å². The summed E-state index contributed by atoms with van der Waals surface area (Å²) in [5.41, 5.74) is 8.73. The molecule has 1 heterocycles. The van der Waals surface area contributed by atoms with E-state index in [1.165, 1.54) is 23.5 Å². The molecule has 0 aliphatic heterocycles. The topological polar surface area (TPSA) is 71.1 Å². The van der Waals surface area contributed by atoms with Gasteiger partial charge in [-0.25, -0.2) is 0 Å². The summed E-state index contributed by atoms with van der Waals surface area (Å²) < 4.78 is 28.7. The number of nitrogens with zero attached hydrogens (tertiary/aromatic N) is 1. The molecule has 1 aromatic heterocycles. The number of alkyl halides is 2. The van der Waals surface area contributed by atoms with Gasteiger partial charge in [0.05, 0.1) is 5.69 Å². The van der Waals surface area contributed by atoms with E-state index in [-0.39, 0.29) is 5.75 Å². The van der Waals surface area contributed by atoms with Gasteiger partial charge in [-0.3, -0.25) is 0 Å². The summed E-state index contributed by atoms with van der Waals surface area (Å²) in [4.78, 5) is 0.896. The first-order valence-corrected chi connectivity index (χ1v) is 8.55. The second-order valence-corrected chi connectivity index (χ2v) is 6.55. The lowest BCUT2D eigenvalue weighted by molar-refractivity contribution is -0.0498. The molecular weight excluding hydrogens is 356 g/mol. The highest BCUT2D eigenvalue weighted by Crippen LogP contribution is 2.38. The Labute approximate surface area is 153 Å². The zero-order valence-corrected chi connectivity index (χ0v) is 14.4. The molecule has 7 heteroatoms. The van der Waals surface area contributed by atoms with Crippen molar-refractivity contribution in [3.05, 3.63) is 70.6 Å². The molecule has 0 saturated carbocycles. The van der Waals surface area contributed by atoms with Crippen molar-refractivity contribution in [3.8, 4) is 11.8 Å². The molecule has 0 atom stereocenters. The average molecular weight is 371 g/mol. The van der Waals surface area contributed by atoms with Crippen LogP contribution in [0.25, 0.3) is 0 Å². The first-order valence-electron chi connectivity index (χ1n) is 7.74. The summed E-state index contributed by atoms with van der Waals surface area (Å²) in [6.45, 7) is -2.86. The zero-order valence-electron chi connectivity index (χ0n) is 13.6. The maximum atomic E-state index is 12.2. The van der Waals surface area contributed by atoms with Gasteiger partial charge in [-0.05, 0) is 29.8 Å². The maximum Gasteiger partial charge on any atom is 0.387 e. The monoisotopic (exact) mass is 371 g/mol. The molecule has 0 saturated heterocycles. The second-order valence-electron chi connectivity index (χ2n) is 5.45. The molecule has 3 rings (SSSR count). The normalized spacial score (nSPS) is 10.5. The molecule has 0 fully saturated rings. The third-order valence-corrected chi connectivity index (χ3v) is 4.80. The van der Waals surface area contributed by atoms with E-state index in [9.17, 15) is 14.0 Å². The maximum absolute atomic E-state index is 12.2. The summed E-state index contributed by atoms with van der Waals surface area (Å²) in [7, 11) is 0. The van der Waals surface area contributed by atoms with Gasteiger partial charge < -0.3 is 15.8 Å². The van der Waals surface area contributed by atoms with Gasteiger partial charge in [-0.1, -0.05) is 30.3 Å². The Morgan fingerprint density at radius 3 is 2.42 bits per heavy atom. The summed E-state index contributed by atoms with van der Waals surface area (Å²) in [5, 5.41) is 13.2. The summed E-state index contributed by atoms with van der Waals surface area (Å²) in [6.07, 6.45) is 0.634. The minimum Gasteiger partial charge on any atom is -0.435 e. The van der Waals surface area contributed by atoms with Crippen molar-refractivity contribution in [2.75, 3.05) is 11.1 Å². The van der Waals surface area contributed by atoms with Crippen LogP contribution in [-0.4, -0.2) is 6.61 Å². The predicted molar refractivity (Wildman–Crippen MR) is 99.1 cm³/mol. The molecule has 0 spiro atoms. The number of nitrogens with two attached hydrogens (primary N) is 1. The van der Waals surface area contributed by atoms with Crippen LogP contribution >= 0.6 is 11.3 Å². The van der Waals surface area contributed by atoms with Gasteiger partial charge in [0.1, 0.15) is 22.4 Å². The largest absolute Gasteiger partial charge is 0.435 e. The molecule has 3 N–H and O–H groups in total. The van der Waals surface area contributed by atoms with Crippen molar-refractivity contribution in [1.29, 1.82) is 5.26 Å². The first-order chi connectivity index (χ1) is 12.6. The van der Waals surface area contributed by atoms with E-state index in [1.807, 2.05) is 30.3 Å². The minimum atomic E-state index is -2.86. The van der Waals surface area contributed by atoms with Crippen molar-refractivity contribution in [2.45, 2.75) is 13.0 Å². The van der Waals surface area contributed by atoms with Crippen molar-refractivity contribution in [2.24, 2.45) is 0 Å². The zero-order chi connectivity index (χ0) is 18.5. The van der Waals surface area contributed by atoms with E-state index >= 15 is 0 Å². The number of nitrogens with one attached hydrogen (secondary N) is 1. The van der Waals surface area contributed by atoms with Gasteiger partial charge in [0, 0.05) is 17.0 Å². The Bertz CT molecular complexity index is 918. The van der Waals surface area contributed by atoms with Crippen LogP contribution in [0.3, 0.4) is 0 Å². The lowest BCUT2D eigenvalue weighted by atomic mass is 10.1. The Morgan fingerprint density at radius 1 is 1.12 bits per heavy atom. The van der Waals surface area contributed by atoms with E-state index in [2.05, 4.69) is 16.1 Å². The molecule has 2 aromatic carbocycles.